The van der Waals surface area contributed by atoms with Crippen molar-refractivity contribution in [1.82, 2.24) is 19.8 Å². The Bertz CT molecular complexity index is 875. The van der Waals surface area contributed by atoms with E-state index in [1.165, 1.54) is 0 Å². The topological polar surface area (TPSA) is 76.2 Å². The molecule has 3 atom stereocenters. The summed E-state index contributed by atoms with van der Waals surface area (Å²) in [4.78, 5) is 14.1. The van der Waals surface area contributed by atoms with Gasteiger partial charge in [-0.3, -0.25) is 4.79 Å². The van der Waals surface area contributed by atoms with Crippen molar-refractivity contribution < 1.29 is 22.5 Å². The van der Waals surface area contributed by atoms with E-state index in [1.807, 2.05) is 6.92 Å². The van der Waals surface area contributed by atoms with E-state index in [1.54, 1.807) is 24.0 Å². The van der Waals surface area contributed by atoms with Crippen LogP contribution in [0.5, 0.6) is 0 Å². The fraction of sp³-hybridized carbons (Fsp3) is 0.611. The molecule has 1 amide bonds. The van der Waals surface area contributed by atoms with Crippen LogP contribution in [0.15, 0.2) is 16.7 Å². The molecule has 0 radical (unpaired) electrons. The minimum atomic E-state index is -4.35. The molecule has 0 saturated carbocycles. The molecule has 2 aromatic rings. The quantitative estimate of drug-likeness (QED) is 0.858. The van der Waals surface area contributed by atoms with E-state index < -0.39 is 12.2 Å². The van der Waals surface area contributed by atoms with Gasteiger partial charge in [0.2, 0.25) is 5.76 Å². The molecule has 2 aromatic heterocycles. The maximum Gasteiger partial charge on any atom is 0.410 e. The van der Waals surface area contributed by atoms with Crippen LogP contribution < -0.4 is 5.32 Å². The second kappa shape index (κ2) is 6.82. The average Bonchev–Trinajstić information content (AvgIpc) is 3.37. The van der Waals surface area contributed by atoms with Gasteiger partial charge in [-0.25, -0.2) is 4.68 Å². The van der Waals surface area contributed by atoms with Gasteiger partial charge in [0.1, 0.15) is 5.82 Å². The molecule has 1 saturated heterocycles. The normalized spacial score (nSPS) is 24.9. The second-order valence-corrected chi connectivity index (χ2v) is 7.51. The highest BCUT2D eigenvalue weighted by Gasteiger charge is 2.46. The zero-order valence-electron chi connectivity index (χ0n) is 15.7. The SMILES string of the molecule is CC[C@@H]1C[C@H](C(F)(F)F)n2nc(C3CCN(C(=O)c4cc(C)no4)C3)cc2N1. The molecule has 2 aliphatic rings. The first-order chi connectivity index (χ1) is 13.3. The monoisotopic (exact) mass is 397 g/mol. The number of hydrogen-bond acceptors (Lipinski definition) is 5. The lowest BCUT2D eigenvalue weighted by molar-refractivity contribution is -0.173. The minimum Gasteiger partial charge on any atom is -0.367 e. The van der Waals surface area contributed by atoms with Crippen LogP contribution in [-0.2, 0) is 0 Å². The average molecular weight is 397 g/mol. The zero-order chi connectivity index (χ0) is 20.1. The van der Waals surface area contributed by atoms with E-state index >= 15 is 0 Å². The van der Waals surface area contributed by atoms with E-state index in [0.717, 1.165) is 4.68 Å². The predicted molar refractivity (Wildman–Crippen MR) is 94.1 cm³/mol. The highest BCUT2D eigenvalue weighted by molar-refractivity contribution is 5.91. The molecule has 0 spiro atoms. The molecule has 4 rings (SSSR count). The number of carbonyl (C=O) groups is 1. The Hall–Kier alpha value is -2.52. The van der Waals surface area contributed by atoms with Gasteiger partial charge in [-0.2, -0.15) is 18.3 Å². The number of nitrogens with one attached hydrogen (secondary N) is 1. The molecule has 2 aliphatic heterocycles. The Kier molecular flexibility index (Phi) is 4.59. The molecule has 1 unspecified atom stereocenters. The Morgan fingerprint density at radius 2 is 2.18 bits per heavy atom. The van der Waals surface area contributed by atoms with Crippen molar-refractivity contribution in [1.29, 1.82) is 0 Å². The Balaban J connectivity index is 1.53. The number of fused-ring (bicyclic) bond motifs is 1. The maximum atomic E-state index is 13.5. The predicted octanol–water partition coefficient (Wildman–Crippen LogP) is 3.51. The van der Waals surface area contributed by atoms with Crippen molar-refractivity contribution in [3.05, 3.63) is 29.3 Å². The molecule has 0 bridgehead atoms. The van der Waals surface area contributed by atoms with Crippen LogP contribution in [0.3, 0.4) is 0 Å². The first-order valence-electron chi connectivity index (χ1n) is 9.41. The number of likely N-dealkylation sites (tertiary alicyclic amines) is 1. The summed E-state index contributed by atoms with van der Waals surface area (Å²) >= 11 is 0. The number of carbonyl (C=O) groups excluding carboxylic acids is 1. The van der Waals surface area contributed by atoms with Crippen LogP contribution in [0.4, 0.5) is 19.0 Å². The number of rotatable bonds is 3. The molecule has 1 N–H and O–H groups in total. The molecule has 1 fully saturated rings. The molecule has 10 heteroatoms. The van der Waals surface area contributed by atoms with Gasteiger partial charge in [-0.1, -0.05) is 12.1 Å². The Morgan fingerprint density at radius 1 is 1.39 bits per heavy atom. The van der Waals surface area contributed by atoms with E-state index in [9.17, 15) is 18.0 Å². The first-order valence-corrected chi connectivity index (χ1v) is 9.41. The van der Waals surface area contributed by atoms with Crippen LogP contribution in [0.1, 0.15) is 60.1 Å². The van der Waals surface area contributed by atoms with Gasteiger partial charge >= 0.3 is 6.18 Å². The van der Waals surface area contributed by atoms with Crippen LogP contribution in [0, 0.1) is 6.92 Å². The number of anilines is 1. The number of hydrogen-bond donors (Lipinski definition) is 1. The van der Waals surface area contributed by atoms with Gasteiger partial charge < -0.3 is 14.7 Å². The van der Waals surface area contributed by atoms with Crippen LogP contribution in [0.2, 0.25) is 0 Å². The van der Waals surface area contributed by atoms with Gasteiger partial charge in [-0.15, -0.1) is 0 Å². The summed E-state index contributed by atoms with van der Waals surface area (Å²) in [6.07, 6.45) is -3.14. The van der Waals surface area contributed by atoms with E-state index in [-0.39, 0.29) is 30.0 Å². The van der Waals surface area contributed by atoms with Crippen LogP contribution in [0.25, 0.3) is 0 Å². The van der Waals surface area contributed by atoms with Crippen LogP contribution in [-0.4, -0.2) is 51.1 Å². The van der Waals surface area contributed by atoms with Crippen LogP contribution >= 0.6 is 0 Å². The maximum absolute atomic E-state index is 13.5. The number of halogens is 3. The van der Waals surface area contributed by atoms with Crippen molar-refractivity contribution in [2.24, 2.45) is 0 Å². The second-order valence-electron chi connectivity index (χ2n) is 7.51. The lowest BCUT2D eigenvalue weighted by atomic mass is 10.0. The standard InChI is InChI=1S/C18H22F3N5O2/c1-3-12-7-15(18(19,20)21)26-16(22-12)8-13(23-26)11-4-5-25(9-11)17(27)14-6-10(2)24-28-14/h6,8,11-12,15,22H,3-5,7,9H2,1-2H3/t11?,12-,15-/m1/s1. The summed E-state index contributed by atoms with van der Waals surface area (Å²) in [7, 11) is 0. The first kappa shape index (κ1) is 18.8. The van der Waals surface area contributed by atoms with Gasteiger partial charge in [0.25, 0.3) is 5.91 Å². The zero-order valence-corrected chi connectivity index (χ0v) is 15.7. The molecule has 7 nitrogen and oxygen atoms in total. The molecular weight excluding hydrogens is 375 g/mol. The van der Waals surface area contributed by atoms with Crippen molar-refractivity contribution in [3.8, 4) is 0 Å². The van der Waals surface area contributed by atoms with E-state index in [0.29, 0.717) is 43.1 Å². The van der Waals surface area contributed by atoms with Gasteiger partial charge in [0.05, 0.1) is 11.4 Å². The smallest absolute Gasteiger partial charge is 0.367 e. The number of nitrogens with zero attached hydrogens (tertiary/aromatic N) is 4. The van der Waals surface area contributed by atoms with Gasteiger partial charge in [0, 0.05) is 37.2 Å². The van der Waals surface area contributed by atoms with E-state index in [4.69, 9.17) is 4.52 Å². The number of amides is 1. The molecule has 152 valence electrons. The van der Waals surface area contributed by atoms with Gasteiger partial charge in [0.15, 0.2) is 6.04 Å². The number of alkyl halides is 3. The molecule has 4 heterocycles. The minimum absolute atomic E-state index is 0.0335. The Labute approximate surface area is 159 Å². The lowest BCUT2D eigenvalue weighted by Crippen LogP contribution is -2.38. The lowest BCUT2D eigenvalue weighted by Gasteiger charge is -2.32. The highest BCUT2D eigenvalue weighted by atomic mass is 19.4. The highest BCUT2D eigenvalue weighted by Crippen LogP contribution is 2.41. The summed E-state index contributed by atoms with van der Waals surface area (Å²) < 4.78 is 46.6. The van der Waals surface area contributed by atoms with Crippen molar-refractivity contribution in [2.75, 3.05) is 18.4 Å². The molecule has 28 heavy (non-hydrogen) atoms. The van der Waals surface area contributed by atoms with Gasteiger partial charge in [-0.05, 0) is 26.2 Å². The summed E-state index contributed by atoms with van der Waals surface area (Å²) in [5.41, 5.74) is 1.20. The Morgan fingerprint density at radius 3 is 2.82 bits per heavy atom. The van der Waals surface area contributed by atoms with Crippen molar-refractivity contribution >= 4 is 11.7 Å². The fourth-order valence-electron chi connectivity index (χ4n) is 3.94. The third-order valence-corrected chi connectivity index (χ3v) is 5.51. The third-order valence-electron chi connectivity index (χ3n) is 5.51. The number of aromatic nitrogens is 3. The largest absolute Gasteiger partial charge is 0.410 e. The third kappa shape index (κ3) is 3.35. The summed E-state index contributed by atoms with van der Waals surface area (Å²) in [6.45, 7) is 4.49. The molecule has 0 aromatic carbocycles. The fourth-order valence-corrected chi connectivity index (χ4v) is 3.94. The summed E-state index contributed by atoms with van der Waals surface area (Å²) in [5.74, 6) is 0.198. The van der Waals surface area contributed by atoms with Crippen molar-refractivity contribution in [3.63, 3.8) is 0 Å². The molecule has 0 aliphatic carbocycles. The molecular formula is C18H22F3N5O2. The summed E-state index contributed by atoms with van der Waals surface area (Å²) in [5, 5.41) is 11.2. The summed E-state index contributed by atoms with van der Waals surface area (Å²) in [6, 6.07) is 1.41. The number of aryl methyl sites for hydroxylation is 1. The van der Waals surface area contributed by atoms with E-state index in [2.05, 4.69) is 15.6 Å². The van der Waals surface area contributed by atoms with Crippen molar-refractivity contribution in [2.45, 2.75) is 57.3 Å².